The molecule has 3 aromatic rings. The summed E-state index contributed by atoms with van der Waals surface area (Å²) in [6.45, 7) is 5.45. The summed E-state index contributed by atoms with van der Waals surface area (Å²) < 4.78 is 19.9. The van der Waals surface area contributed by atoms with E-state index in [1.165, 1.54) is 6.07 Å². The van der Waals surface area contributed by atoms with E-state index in [1.54, 1.807) is 12.1 Å². The number of aromatic nitrogens is 3. The molecule has 1 unspecified atom stereocenters. The van der Waals surface area contributed by atoms with Crippen molar-refractivity contribution >= 4 is 5.91 Å². The predicted molar refractivity (Wildman–Crippen MR) is 115 cm³/mol. The van der Waals surface area contributed by atoms with Gasteiger partial charge in [-0.3, -0.25) is 14.9 Å². The number of rotatable bonds is 6. The third-order valence-corrected chi connectivity index (χ3v) is 5.78. The quantitative estimate of drug-likeness (QED) is 0.658. The highest BCUT2D eigenvalue weighted by molar-refractivity contribution is 5.76. The summed E-state index contributed by atoms with van der Waals surface area (Å²) in [7, 11) is 0. The zero-order valence-electron chi connectivity index (χ0n) is 17.9. The number of aromatic amines is 1. The van der Waals surface area contributed by atoms with E-state index in [0.717, 1.165) is 28.3 Å². The molecule has 1 aromatic carbocycles. The molecule has 7 heteroatoms. The summed E-state index contributed by atoms with van der Waals surface area (Å²) in [6, 6.07) is 12.4. The Morgan fingerprint density at radius 1 is 1.23 bits per heavy atom. The minimum absolute atomic E-state index is 0.107. The van der Waals surface area contributed by atoms with Gasteiger partial charge in [0.05, 0.1) is 24.5 Å². The van der Waals surface area contributed by atoms with Gasteiger partial charge in [0.2, 0.25) is 5.91 Å². The number of carbonyl (C=O) groups excluding carboxylic acids is 1. The number of ether oxygens (including phenoxy) is 1. The highest BCUT2D eigenvalue weighted by Crippen LogP contribution is 2.23. The lowest BCUT2D eigenvalue weighted by Gasteiger charge is -2.33. The van der Waals surface area contributed by atoms with Crippen LogP contribution in [0.5, 0.6) is 0 Å². The second-order valence-corrected chi connectivity index (χ2v) is 7.93. The second kappa shape index (κ2) is 9.39. The van der Waals surface area contributed by atoms with Crippen LogP contribution in [-0.4, -0.2) is 45.7 Å². The Labute approximate surface area is 181 Å². The number of morpholine rings is 1. The number of nitrogens with one attached hydrogen (secondary N) is 1. The molecule has 162 valence electrons. The van der Waals surface area contributed by atoms with Crippen LogP contribution in [0, 0.1) is 19.7 Å². The van der Waals surface area contributed by atoms with Crippen molar-refractivity contribution in [3.63, 3.8) is 0 Å². The minimum Gasteiger partial charge on any atom is -0.368 e. The van der Waals surface area contributed by atoms with Gasteiger partial charge in [-0.15, -0.1) is 0 Å². The van der Waals surface area contributed by atoms with E-state index in [9.17, 15) is 9.18 Å². The van der Waals surface area contributed by atoms with Crippen LogP contribution in [0.2, 0.25) is 0 Å². The highest BCUT2D eigenvalue weighted by Gasteiger charge is 2.26. The Morgan fingerprint density at radius 3 is 2.84 bits per heavy atom. The average molecular weight is 423 g/mol. The number of H-pyrrole nitrogens is 1. The Kier molecular flexibility index (Phi) is 6.42. The van der Waals surface area contributed by atoms with Gasteiger partial charge in [0.1, 0.15) is 11.9 Å². The number of benzene rings is 1. The Balaban J connectivity index is 1.40. The van der Waals surface area contributed by atoms with Crippen LogP contribution in [0.3, 0.4) is 0 Å². The molecule has 1 aliphatic heterocycles. The Bertz CT molecular complexity index is 1050. The van der Waals surface area contributed by atoms with E-state index < -0.39 is 0 Å². The first-order valence-corrected chi connectivity index (χ1v) is 10.6. The smallest absolute Gasteiger partial charge is 0.223 e. The number of halogens is 1. The van der Waals surface area contributed by atoms with Gasteiger partial charge in [-0.2, -0.15) is 5.10 Å². The van der Waals surface area contributed by atoms with E-state index in [0.29, 0.717) is 44.5 Å². The van der Waals surface area contributed by atoms with Crippen molar-refractivity contribution in [2.75, 3.05) is 19.7 Å². The van der Waals surface area contributed by atoms with Crippen molar-refractivity contribution in [1.82, 2.24) is 20.1 Å². The molecule has 0 saturated carbocycles. The van der Waals surface area contributed by atoms with Crippen LogP contribution in [0.15, 0.2) is 42.5 Å². The fourth-order valence-electron chi connectivity index (χ4n) is 4.00. The van der Waals surface area contributed by atoms with Gasteiger partial charge >= 0.3 is 0 Å². The van der Waals surface area contributed by atoms with E-state index in [-0.39, 0.29) is 17.8 Å². The first-order valence-electron chi connectivity index (χ1n) is 10.6. The van der Waals surface area contributed by atoms with E-state index >= 15 is 0 Å². The number of pyridine rings is 1. The normalized spacial score (nSPS) is 16.5. The maximum absolute atomic E-state index is 14.0. The first-order chi connectivity index (χ1) is 15.0. The van der Waals surface area contributed by atoms with Crippen LogP contribution >= 0.6 is 0 Å². The maximum Gasteiger partial charge on any atom is 0.223 e. The lowest BCUT2D eigenvalue weighted by molar-refractivity contribution is -0.139. The molecule has 0 bridgehead atoms. The fourth-order valence-corrected chi connectivity index (χ4v) is 4.00. The number of hydrogen-bond acceptors (Lipinski definition) is 4. The van der Waals surface area contributed by atoms with Crippen LogP contribution in [0.25, 0.3) is 0 Å². The molecule has 1 N–H and O–H groups in total. The van der Waals surface area contributed by atoms with E-state index in [1.807, 2.05) is 43.0 Å². The standard InChI is InChI=1S/C24H27FN4O2/c1-16-20(17(2)28-27-16)10-11-24(30)29-12-13-31-23(15-29)22-9-5-7-19(26-22)14-18-6-3-4-8-21(18)25/h3-9,23H,10-15H2,1-2H3,(H,27,28). The molecule has 4 rings (SSSR count). The van der Waals surface area contributed by atoms with Gasteiger partial charge in [0, 0.05) is 30.8 Å². The summed E-state index contributed by atoms with van der Waals surface area (Å²) in [5.41, 5.74) is 5.23. The highest BCUT2D eigenvalue weighted by atomic mass is 19.1. The molecular formula is C24H27FN4O2. The van der Waals surface area contributed by atoms with E-state index in [2.05, 4.69) is 10.2 Å². The van der Waals surface area contributed by atoms with Crippen LogP contribution in [0.4, 0.5) is 4.39 Å². The van der Waals surface area contributed by atoms with Crippen LogP contribution < -0.4 is 0 Å². The lowest BCUT2D eigenvalue weighted by atomic mass is 10.1. The monoisotopic (exact) mass is 422 g/mol. The number of aryl methyl sites for hydroxylation is 2. The van der Waals surface area contributed by atoms with Crippen molar-refractivity contribution in [3.8, 4) is 0 Å². The maximum atomic E-state index is 14.0. The van der Waals surface area contributed by atoms with Gasteiger partial charge in [0.25, 0.3) is 0 Å². The molecule has 2 aromatic heterocycles. The number of nitrogens with zero attached hydrogens (tertiary/aromatic N) is 3. The fraction of sp³-hybridized carbons (Fsp3) is 0.375. The zero-order valence-corrected chi connectivity index (χ0v) is 17.9. The Morgan fingerprint density at radius 2 is 2.06 bits per heavy atom. The summed E-state index contributed by atoms with van der Waals surface area (Å²) in [5, 5.41) is 7.17. The third kappa shape index (κ3) is 4.99. The summed E-state index contributed by atoms with van der Waals surface area (Å²) in [5.74, 6) is -0.126. The Hall–Kier alpha value is -3.06. The molecule has 1 aliphatic rings. The predicted octanol–water partition coefficient (Wildman–Crippen LogP) is 3.68. The SMILES string of the molecule is Cc1n[nH]c(C)c1CCC(=O)N1CCOC(c2cccc(Cc3ccccc3F)n2)C1. The van der Waals surface area contributed by atoms with Crippen LogP contribution in [0.1, 0.15) is 46.4 Å². The van der Waals surface area contributed by atoms with E-state index in [4.69, 9.17) is 9.72 Å². The molecule has 0 radical (unpaired) electrons. The minimum atomic E-state index is -0.282. The van der Waals surface area contributed by atoms with Gasteiger partial charge in [-0.1, -0.05) is 24.3 Å². The third-order valence-electron chi connectivity index (χ3n) is 5.78. The van der Waals surface area contributed by atoms with Crippen molar-refractivity contribution in [2.24, 2.45) is 0 Å². The molecule has 3 heterocycles. The van der Waals surface area contributed by atoms with Gasteiger partial charge in [0.15, 0.2) is 0 Å². The second-order valence-electron chi connectivity index (χ2n) is 7.93. The van der Waals surface area contributed by atoms with Gasteiger partial charge in [-0.05, 0) is 49.6 Å². The molecular weight excluding hydrogens is 395 g/mol. The largest absolute Gasteiger partial charge is 0.368 e. The molecule has 31 heavy (non-hydrogen) atoms. The van der Waals surface area contributed by atoms with Crippen LogP contribution in [-0.2, 0) is 22.4 Å². The molecule has 1 atom stereocenters. The number of carbonyl (C=O) groups is 1. The molecule has 1 amide bonds. The number of amides is 1. The summed E-state index contributed by atoms with van der Waals surface area (Å²) in [4.78, 5) is 19.4. The molecule has 6 nitrogen and oxygen atoms in total. The van der Waals surface area contributed by atoms with Crippen molar-refractivity contribution < 1.29 is 13.9 Å². The molecule has 0 spiro atoms. The topological polar surface area (TPSA) is 71.1 Å². The summed E-state index contributed by atoms with van der Waals surface area (Å²) >= 11 is 0. The lowest BCUT2D eigenvalue weighted by Crippen LogP contribution is -2.42. The van der Waals surface area contributed by atoms with Crippen molar-refractivity contribution in [2.45, 2.75) is 39.2 Å². The van der Waals surface area contributed by atoms with Crippen molar-refractivity contribution in [1.29, 1.82) is 0 Å². The molecule has 1 saturated heterocycles. The summed E-state index contributed by atoms with van der Waals surface area (Å²) in [6.07, 6.45) is 1.25. The van der Waals surface area contributed by atoms with Gasteiger partial charge in [-0.25, -0.2) is 4.39 Å². The average Bonchev–Trinajstić information content (AvgIpc) is 3.11. The molecule has 0 aliphatic carbocycles. The molecule has 1 fully saturated rings. The first kappa shape index (κ1) is 21.2. The van der Waals surface area contributed by atoms with Gasteiger partial charge < -0.3 is 9.64 Å². The van der Waals surface area contributed by atoms with Crippen molar-refractivity contribution in [3.05, 3.63) is 82.2 Å². The number of hydrogen-bond donors (Lipinski definition) is 1. The zero-order chi connectivity index (χ0) is 21.8.